The van der Waals surface area contributed by atoms with E-state index in [0.29, 0.717) is 31.0 Å². The topological polar surface area (TPSA) is 52.6 Å². The minimum Gasteiger partial charge on any atom is -0.363 e. The lowest BCUT2D eigenvalue weighted by Gasteiger charge is -2.35. The van der Waals surface area contributed by atoms with E-state index >= 15 is 0 Å². The molecule has 0 saturated carbocycles. The molecule has 1 aromatic heterocycles. The standard InChI is InChI=1S/C20H26ClN5O/c1-15-13-18(24(2)3)23-20(22-15)26-11-9-25(10-12-26)19(27)8-7-16-5-4-6-17(21)14-16/h4-6,13-14H,7-12H2,1-3H3. The van der Waals surface area contributed by atoms with Gasteiger partial charge in [-0.3, -0.25) is 4.79 Å². The van der Waals surface area contributed by atoms with Gasteiger partial charge < -0.3 is 14.7 Å². The summed E-state index contributed by atoms with van der Waals surface area (Å²) in [5, 5.41) is 0.712. The number of aryl methyl sites for hydroxylation is 2. The van der Waals surface area contributed by atoms with Crippen LogP contribution < -0.4 is 9.80 Å². The lowest BCUT2D eigenvalue weighted by molar-refractivity contribution is -0.131. The molecule has 6 nitrogen and oxygen atoms in total. The zero-order valence-electron chi connectivity index (χ0n) is 16.2. The van der Waals surface area contributed by atoms with Crippen molar-refractivity contribution < 1.29 is 4.79 Å². The monoisotopic (exact) mass is 387 g/mol. The van der Waals surface area contributed by atoms with E-state index in [-0.39, 0.29) is 5.91 Å². The molecule has 0 bridgehead atoms. The van der Waals surface area contributed by atoms with E-state index < -0.39 is 0 Å². The van der Waals surface area contributed by atoms with Gasteiger partial charge in [0.05, 0.1) is 0 Å². The van der Waals surface area contributed by atoms with Crippen LogP contribution in [0.4, 0.5) is 11.8 Å². The molecule has 0 unspecified atom stereocenters. The van der Waals surface area contributed by atoms with Gasteiger partial charge in [0.2, 0.25) is 11.9 Å². The van der Waals surface area contributed by atoms with Gasteiger partial charge in [-0.15, -0.1) is 0 Å². The second-order valence-electron chi connectivity index (χ2n) is 7.06. The van der Waals surface area contributed by atoms with E-state index in [2.05, 4.69) is 14.9 Å². The van der Waals surface area contributed by atoms with Crippen molar-refractivity contribution in [2.24, 2.45) is 0 Å². The first-order valence-corrected chi connectivity index (χ1v) is 9.60. The van der Waals surface area contributed by atoms with E-state index in [1.165, 1.54) is 0 Å². The first kappa shape index (κ1) is 19.4. The molecule has 0 aliphatic carbocycles. The van der Waals surface area contributed by atoms with Crippen molar-refractivity contribution in [3.63, 3.8) is 0 Å². The second-order valence-corrected chi connectivity index (χ2v) is 7.50. The largest absolute Gasteiger partial charge is 0.363 e. The number of amides is 1. The number of benzene rings is 1. The van der Waals surface area contributed by atoms with Crippen LogP contribution in [0.1, 0.15) is 17.7 Å². The molecule has 2 heterocycles. The van der Waals surface area contributed by atoms with Gasteiger partial charge in [-0.2, -0.15) is 4.98 Å². The number of aromatic nitrogens is 2. The first-order chi connectivity index (χ1) is 12.9. The van der Waals surface area contributed by atoms with Gasteiger partial charge in [0, 0.05) is 63.5 Å². The van der Waals surface area contributed by atoms with Gasteiger partial charge in [0.15, 0.2) is 0 Å². The van der Waals surface area contributed by atoms with Crippen LogP contribution in [0.25, 0.3) is 0 Å². The average molecular weight is 388 g/mol. The number of hydrogen-bond donors (Lipinski definition) is 0. The molecule has 7 heteroatoms. The van der Waals surface area contributed by atoms with Crippen molar-refractivity contribution in [1.82, 2.24) is 14.9 Å². The maximum Gasteiger partial charge on any atom is 0.227 e. The summed E-state index contributed by atoms with van der Waals surface area (Å²) < 4.78 is 0. The van der Waals surface area contributed by atoms with Gasteiger partial charge in [-0.25, -0.2) is 4.98 Å². The highest BCUT2D eigenvalue weighted by Gasteiger charge is 2.23. The molecule has 1 saturated heterocycles. The van der Waals surface area contributed by atoms with Crippen LogP contribution >= 0.6 is 11.6 Å². The van der Waals surface area contributed by atoms with Crippen molar-refractivity contribution >= 4 is 29.3 Å². The van der Waals surface area contributed by atoms with Crippen LogP contribution in [0.3, 0.4) is 0 Å². The summed E-state index contributed by atoms with van der Waals surface area (Å²) in [6, 6.07) is 9.67. The molecule has 1 aliphatic heterocycles. The molecule has 1 aliphatic rings. The van der Waals surface area contributed by atoms with Gasteiger partial charge in [0.1, 0.15) is 5.82 Å². The smallest absolute Gasteiger partial charge is 0.227 e. The zero-order valence-corrected chi connectivity index (χ0v) is 16.9. The predicted octanol–water partition coefficient (Wildman–Crippen LogP) is 2.79. The van der Waals surface area contributed by atoms with E-state index in [1.54, 1.807) is 0 Å². The molecule has 1 fully saturated rings. The summed E-state index contributed by atoms with van der Waals surface area (Å²) in [6.07, 6.45) is 1.22. The Balaban J connectivity index is 1.55. The summed E-state index contributed by atoms with van der Waals surface area (Å²) >= 11 is 6.01. The summed E-state index contributed by atoms with van der Waals surface area (Å²) in [5.74, 6) is 1.83. The Morgan fingerprint density at radius 2 is 1.89 bits per heavy atom. The fourth-order valence-corrected chi connectivity index (χ4v) is 3.38. The molecule has 27 heavy (non-hydrogen) atoms. The number of carbonyl (C=O) groups excluding carboxylic acids is 1. The third kappa shape index (κ3) is 5.10. The molecule has 0 atom stereocenters. The van der Waals surface area contributed by atoms with Crippen molar-refractivity contribution in [2.75, 3.05) is 50.1 Å². The highest BCUT2D eigenvalue weighted by atomic mass is 35.5. The normalized spacial score (nSPS) is 14.4. The van der Waals surface area contributed by atoms with Gasteiger partial charge in [-0.1, -0.05) is 23.7 Å². The highest BCUT2D eigenvalue weighted by molar-refractivity contribution is 6.30. The number of anilines is 2. The maximum atomic E-state index is 12.5. The number of piperazine rings is 1. The lowest BCUT2D eigenvalue weighted by Crippen LogP contribution is -2.49. The van der Waals surface area contributed by atoms with Crippen LogP contribution in [-0.2, 0) is 11.2 Å². The SMILES string of the molecule is Cc1cc(N(C)C)nc(N2CCN(C(=O)CCc3cccc(Cl)c3)CC2)n1. The van der Waals surface area contributed by atoms with Crippen LogP contribution in [0.2, 0.25) is 5.02 Å². The van der Waals surface area contributed by atoms with E-state index in [1.807, 2.05) is 61.2 Å². The number of hydrogen-bond acceptors (Lipinski definition) is 5. The number of rotatable bonds is 5. The minimum absolute atomic E-state index is 0.189. The molecule has 2 aromatic rings. The van der Waals surface area contributed by atoms with Gasteiger partial charge in [-0.05, 0) is 31.0 Å². The molecule has 144 valence electrons. The zero-order chi connectivity index (χ0) is 19.4. The Labute approximate surface area is 165 Å². The highest BCUT2D eigenvalue weighted by Crippen LogP contribution is 2.18. The molecule has 3 rings (SSSR count). The molecule has 0 radical (unpaired) electrons. The van der Waals surface area contributed by atoms with Crippen LogP contribution in [0.15, 0.2) is 30.3 Å². The van der Waals surface area contributed by atoms with Crippen molar-refractivity contribution in [2.45, 2.75) is 19.8 Å². The number of carbonyl (C=O) groups is 1. The Bertz CT molecular complexity index is 803. The van der Waals surface area contributed by atoms with E-state index in [0.717, 1.165) is 36.1 Å². The van der Waals surface area contributed by atoms with Crippen LogP contribution in [0.5, 0.6) is 0 Å². The molecular weight excluding hydrogens is 362 g/mol. The quantitative estimate of drug-likeness (QED) is 0.789. The molecular formula is C20H26ClN5O. The Morgan fingerprint density at radius 3 is 2.56 bits per heavy atom. The van der Waals surface area contributed by atoms with Crippen LogP contribution in [0, 0.1) is 6.92 Å². The Hall–Kier alpha value is -2.34. The molecule has 1 amide bonds. The number of nitrogens with zero attached hydrogens (tertiary/aromatic N) is 5. The Kier molecular flexibility index (Phi) is 6.16. The van der Waals surface area contributed by atoms with Crippen molar-refractivity contribution in [3.8, 4) is 0 Å². The maximum absolute atomic E-state index is 12.5. The summed E-state index contributed by atoms with van der Waals surface area (Å²) in [4.78, 5) is 27.8. The fraction of sp³-hybridized carbons (Fsp3) is 0.450. The third-order valence-electron chi connectivity index (χ3n) is 4.72. The molecule has 1 aromatic carbocycles. The third-order valence-corrected chi connectivity index (χ3v) is 4.95. The van der Waals surface area contributed by atoms with Crippen molar-refractivity contribution in [3.05, 3.63) is 46.6 Å². The van der Waals surface area contributed by atoms with Gasteiger partial charge in [0.25, 0.3) is 0 Å². The number of halogens is 1. The van der Waals surface area contributed by atoms with E-state index in [9.17, 15) is 4.79 Å². The summed E-state index contributed by atoms with van der Waals surface area (Å²) in [7, 11) is 3.95. The average Bonchev–Trinajstić information content (AvgIpc) is 2.66. The second kappa shape index (κ2) is 8.57. The van der Waals surface area contributed by atoms with E-state index in [4.69, 9.17) is 11.6 Å². The molecule has 0 spiro atoms. The van der Waals surface area contributed by atoms with Crippen LogP contribution in [-0.4, -0.2) is 61.0 Å². The van der Waals surface area contributed by atoms with Gasteiger partial charge >= 0.3 is 0 Å². The first-order valence-electron chi connectivity index (χ1n) is 9.22. The van der Waals surface area contributed by atoms with Crippen molar-refractivity contribution in [1.29, 1.82) is 0 Å². The predicted molar refractivity (Wildman–Crippen MR) is 110 cm³/mol. The fourth-order valence-electron chi connectivity index (χ4n) is 3.16. The molecule has 0 N–H and O–H groups in total. The lowest BCUT2D eigenvalue weighted by atomic mass is 10.1. The summed E-state index contributed by atoms with van der Waals surface area (Å²) in [6.45, 7) is 4.87. The minimum atomic E-state index is 0.189. The summed E-state index contributed by atoms with van der Waals surface area (Å²) in [5.41, 5.74) is 2.04. The Morgan fingerprint density at radius 1 is 1.15 bits per heavy atom.